The molecule has 1 saturated heterocycles. The SMILES string of the molecule is COCC(C)(NC(=O)C1CCCN(C(=O)CCOc2ccccc2)C1)C(=O)O. The Morgan fingerprint density at radius 3 is 2.64 bits per heavy atom. The molecular formula is C20H28N2O6. The van der Waals surface area contributed by atoms with E-state index in [0.29, 0.717) is 25.1 Å². The summed E-state index contributed by atoms with van der Waals surface area (Å²) in [4.78, 5) is 38.1. The largest absolute Gasteiger partial charge is 0.493 e. The molecule has 1 heterocycles. The molecule has 0 saturated carbocycles. The fourth-order valence-corrected chi connectivity index (χ4v) is 3.16. The number of nitrogens with one attached hydrogen (secondary N) is 1. The summed E-state index contributed by atoms with van der Waals surface area (Å²) >= 11 is 0. The molecule has 0 aliphatic carbocycles. The first-order valence-electron chi connectivity index (χ1n) is 9.35. The van der Waals surface area contributed by atoms with Crippen molar-refractivity contribution in [3.63, 3.8) is 0 Å². The third-order valence-electron chi connectivity index (χ3n) is 4.78. The standard InChI is InChI=1S/C20H28N2O6/c1-20(14-27-2,19(25)26)21-18(24)15-7-6-11-22(13-15)17(23)10-12-28-16-8-4-3-5-9-16/h3-5,8-9,15H,6-7,10-14H2,1-2H3,(H,21,24)(H,25,26). The van der Waals surface area contributed by atoms with Gasteiger partial charge in [0.1, 0.15) is 5.75 Å². The number of carbonyl (C=O) groups is 3. The van der Waals surface area contributed by atoms with Crippen LogP contribution in [0.1, 0.15) is 26.2 Å². The monoisotopic (exact) mass is 392 g/mol. The van der Waals surface area contributed by atoms with E-state index < -0.39 is 17.4 Å². The van der Waals surface area contributed by atoms with Crippen LogP contribution in [-0.2, 0) is 19.1 Å². The van der Waals surface area contributed by atoms with Gasteiger partial charge < -0.3 is 24.8 Å². The van der Waals surface area contributed by atoms with E-state index in [-0.39, 0.29) is 38.0 Å². The molecule has 1 fully saturated rings. The van der Waals surface area contributed by atoms with Gasteiger partial charge in [0, 0.05) is 20.2 Å². The van der Waals surface area contributed by atoms with Gasteiger partial charge in [0.25, 0.3) is 0 Å². The number of hydrogen-bond donors (Lipinski definition) is 2. The van der Waals surface area contributed by atoms with E-state index in [1.54, 1.807) is 4.90 Å². The number of carbonyl (C=O) groups excluding carboxylic acids is 2. The van der Waals surface area contributed by atoms with E-state index >= 15 is 0 Å². The Kier molecular flexibility index (Phi) is 7.80. The van der Waals surface area contributed by atoms with Gasteiger partial charge in [0.15, 0.2) is 5.54 Å². The Morgan fingerprint density at radius 1 is 1.29 bits per heavy atom. The molecule has 2 atom stereocenters. The van der Waals surface area contributed by atoms with Gasteiger partial charge in [-0.15, -0.1) is 0 Å². The van der Waals surface area contributed by atoms with Crippen LogP contribution in [0.3, 0.4) is 0 Å². The Morgan fingerprint density at radius 2 is 2.00 bits per heavy atom. The lowest BCUT2D eigenvalue weighted by Gasteiger charge is -2.34. The van der Waals surface area contributed by atoms with Gasteiger partial charge in [0.2, 0.25) is 11.8 Å². The van der Waals surface area contributed by atoms with Crippen LogP contribution in [0, 0.1) is 5.92 Å². The second-order valence-electron chi connectivity index (χ2n) is 7.15. The zero-order valence-electron chi connectivity index (χ0n) is 16.3. The number of ether oxygens (including phenoxy) is 2. The number of nitrogens with zero attached hydrogens (tertiary/aromatic N) is 1. The smallest absolute Gasteiger partial charge is 0.331 e. The maximum atomic E-state index is 12.6. The number of aliphatic carboxylic acids is 1. The molecule has 0 spiro atoms. The van der Waals surface area contributed by atoms with Gasteiger partial charge in [-0.05, 0) is 31.9 Å². The lowest BCUT2D eigenvalue weighted by molar-refractivity contribution is -0.150. The number of amides is 2. The molecule has 8 nitrogen and oxygen atoms in total. The number of carboxylic acids is 1. The average Bonchev–Trinajstić information content (AvgIpc) is 2.69. The molecule has 1 aliphatic rings. The molecule has 0 radical (unpaired) electrons. The van der Waals surface area contributed by atoms with Crippen molar-refractivity contribution in [2.24, 2.45) is 5.92 Å². The fourth-order valence-electron chi connectivity index (χ4n) is 3.16. The summed E-state index contributed by atoms with van der Waals surface area (Å²) in [7, 11) is 1.38. The van der Waals surface area contributed by atoms with Crippen molar-refractivity contribution < 1.29 is 29.0 Å². The number of methoxy groups -OCH3 is 1. The number of hydrogen-bond acceptors (Lipinski definition) is 5. The minimum atomic E-state index is -1.50. The Hall–Kier alpha value is -2.61. The summed E-state index contributed by atoms with van der Waals surface area (Å²) in [6.45, 7) is 2.39. The van der Waals surface area contributed by atoms with Crippen molar-refractivity contribution in [3.05, 3.63) is 30.3 Å². The highest BCUT2D eigenvalue weighted by Gasteiger charge is 2.38. The quantitative estimate of drug-likeness (QED) is 0.656. The second-order valence-corrected chi connectivity index (χ2v) is 7.15. The number of para-hydroxylation sites is 1. The highest BCUT2D eigenvalue weighted by Crippen LogP contribution is 2.19. The number of benzene rings is 1. The first-order valence-corrected chi connectivity index (χ1v) is 9.35. The first kappa shape index (κ1) is 21.7. The van der Waals surface area contributed by atoms with E-state index in [1.807, 2.05) is 30.3 Å². The molecule has 1 aromatic carbocycles. The third-order valence-corrected chi connectivity index (χ3v) is 4.78. The van der Waals surface area contributed by atoms with Gasteiger partial charge in [-0.3, -0.25) is 9.59 Å². The highest BCUT2D eigenvalue weighted by atomic mass is 16.5. The van der Waals surface area contributed by atoms with Gasteiger partial charge in [-0.1, -0.05) is 18.2 Å². The topological polar surface area (TPSA) is 105 Å². The predicted molar refractivity (Wildman–Crippen MR) is 102 cm³/mol. The molecule has 8 heteroatoms. The van der Waals surface area contributed by atoms with Gasteiger partial charge in [0.05, 0.1) is 25.6 Å². The summed E-state index contributed by atoms with van der Waals surface area (Å²) in [5, 5.41) is 11.9. The van der Waals surface area contributed by atoms with E-state index in [1.165, 1.54) is 14.0 Å². The molecule has 2 unspecified atom stereocenters. The van der Waals surface area contributed by atoms with Crippen LogP contribution < -0.4 is 10.1 Å². The molecule has 2 rings (SSSR count). The number of piperidine rings is 1. The van der Waals surface area contributed by atoms with E-state index in [2.05, 4.69) is 5.32 Å². The van der Waals surface area contributed by atoms with Crippen LogP contribution >= 0.6 is 0 Å². The summed E-state index contributed by atoms with van der Waals surface area (Å²) in [5.41, 5.74) is -1.50. The number of carboxylic acid groups (broad SMARTS) is 1. The molecule has 0 aromatic heterocycles. The Labute approximate surface area is 164 Å². The van der Waals surface area contributed by atoms with Crippen LogP contribution in [0.25, 0.3) is 0 Å². The van der Waals surface area contributed by atoms with Crippen molar-refractivity contribution in [1.29, 1.82) is 0 Å². The summed E-state index contributed by atoms with van der Waals surface area (Å²) < 4.78 is 10.5. The fraction of sp³-hybridized carbons (Fsp3) is 0.550. The van der Waals surface area contributed by atoms with Crippen LogP contribution in [0.5, 0.6) is 5.75 Å². The normalized spacial score (nSPS) is 18.8. The first-order chi connectivity index (χ1) is 13.4. The second kappa shape index (κ2) is 10.1. The van der Waals surface area contributed by atoms with Crippen molar-refractivity contribution in [1.82, 2.24) is 10.2 Å². The Balaban J connectivity index is 1.85. The van der Waals surface area contributed by atoms with E-state index in [4.69, 9.17) is 9.47 Å². The van der Waals surface area contributed by atoms with Crippen molar-refractivity contribution in [2.45, 2.75) is 31.7 Å². The minimum absolute atomic E-state index is 0.0775. The summed E-state index contributed by atoms with van der Waals surface area (Å²) in [6.07, 6.45) is 1.52. The average molecular weight is 392 g/mol. The minimum Gasteiger partial charge on any atom is -0.493 e. The summed E-state index contributed by atoms with van der Waals surface area (Å²) in [6, 6.07) is 9.26. The molecule has 1 aliphatic heterocycles. The van der Waals surface area contributed by atoms with E-state index in [9.17, 15) is 19.5 Å². The van der Waals surface area contributed by atoms with Gasteiger partial charge in [-0.2, -0.15) is 0 Å². The zero-order valence-corrected chi connectivity index (χ0v) is 16.3. The molecule has 28 heavy (non-hydrogen) atoms. The van der Waals surface area contributed by atoms with Crippen LogP contribution in [-0.4, -0.2) is 66.7 Å². The zero-order chi connectivity index (χ0) is 20.6. The predicted octanol–water partition coefficient (Wildman–Crippen LogP) is 1.30. The van der Waals surface area contributed by atoms with Crippen molar-refractivity contribution >= 4 is 17.8 Å². The summed E-state index contributed by atoms with van der Waals surface area (Å²) in [5.74, 6) is -1.35. The highest BCUT2D eigenvalue weighted by molar-refractivity contribution is 5.88. The van der Waals surface area contributed by atoms with Crippen molar-refractivity contribution in [3.8, 4) is 5.75 Å². The molecule has 154 valence electrons. The number of likely N-dealkylation sites (tertiary alicyclic amines) is 1. The third kappa shape index (κ3) is 5.95. The molecule has 2 amide bonds. The van der Waals surface area contributed by atoms with Crippen LogP contribution in [0.15, 0.2) is 30.3 Å². The maximum Gasteiger partial charge on any atom is 0.331 e. The molecule has 0 bridgehead atoms. The lowest BCUT2D eigenvalue weighted by atomic mass is 9.94. The van der Waals surface area contributed by atoms with Gasteiger partial charge >= 0.3 is 5.97 Å². The Bertz CT molecular complexity index is 681. The molecule has 1 aromatic rings. The maximum absolute atomic E-state index is 12.6. The van der Waals surface area contributed by atoms with Gasteiger partial charge in [-0.25, -0.2) is 4.79 Å². The lowest BCUT2D eigenvalue weighted by Crippen LogP contribution is -2.58. The van der Waals surface area contributed by atoms with Crippen LogP contribution in [0.4, 0.5) is 0 Å². The van der Waals surface area contributed by atoms with E-state index in [0.717, 1.165) is 0 Å². The van der Waals surface area contributed by atoms with Crippen LogP contribution in [0.2, 0.25) is 0 Å². The van der Waals surface area contributed by atoms with Crippen molar-refractivity contribution in [2.75, 3.05) is 33.4 Å². The molecular weight excluding hydrogens is 364 g/mol. The number of rotatable bonds is 9. The molecule has 2 N–H and O–H groups in total.